The van der Waals surface area contributed by atoms with Gasteiger partial charge in [0.05, 0.1) is 6.61 Å². The summed E-state index contributed by atoms with van der Waals surface area (Å²) in [5, 5.41) is 9.80. The molecule has 6 nitrogen and oxygen atoms in total. The second-order valence-electron chi connectivity index (χ2n) is 6.07. The third-order valence-corrected chi connectivity index (χ3v) is 4.61. The second-order valence-corrected chi connectivity index (χ2v) is 6.07. The zero-order chi connectivity index (χ0) is 16.4. The molecule has 6 heteroatoms. The van der Waals surface area contributed by atoms with Gasteiger partial charge in [0.1, 0.15) is 11.8 Å². The minimum absolute atomic E-state index is 0.0441. The van der Waals surface area contributed by atoms with E-state index in [0.717, 1.165) is 29.7 Å². The number of ether oxygens (including phenoxy) is 1. The van der Waals surface area contributed by atoms with Crippen molar-refractivity contribution in [1.82, 2.24) is 9.80 Å². The molecule has 23 heavy (non-hydrogen) atoms. The first-order valence-electron chi connectivity index (χ1n) is 8.05. The molecule has 0 bridgehead atoms. The lowest BCUT2D eigenvalue weighted by Crippen LogP contribution is -2.38. The van der Waals surface area contributed by atoms with Gasteiger partial charge in [0, 0.05) is 45.1 Å². The molecule has 1 amide bonds. The predicted octanol–water partition coefficient (Wildman–Crippen LogP) is 1.30. The number of aliphatic carboxylic acids is 1. The third kappa shape index (κ3) is 3.17. The molecule has 1 atom stereocenters. The molecule has 124 valence electrons. The van der Waals surface area contributed by atoms with Crippen molar-refractivity contribution in [2.75, 3.05) is 32.8 Å². The number of carbonyl (C=O) groups excluding carboxylic acids is 1. The number of para-hydroxylation sites is 1. The van der Waals surface area contributed by atoms with Crippen LogP contribution in [0.15, 0.2) is 18.2 Å². The van der Waals surface area contributed by atoms with E-state index in [0.29, 0.717) is 32.8 Å². The van der Waals surface area contributed by atoms with Crippen molar-refractivity contribution < 1.29 is 19.4 Å². The fourth-order valence-corrected chi connectivity index (χ4v) is 3.45. The number of hydrogen-bond donors (Lipinski definition) is 1. The van der Waals surface area contributed by atoms with Crippen molar-refractivity contribution in [3.63, 3.8) is 0 Å². The number of hydrogen-bond acceptors (Lipinski definition) is 4. The first-order chi connectivity index (χ1) is 11.1. The van der Waals surface area contributed by atoms with E-state index in [9.17, 15) is 14.7 Å². The second kappa shape index (κ2) is 6.58. The van der Waals surface area contributed by atoms with Gasteiger partial charge < -0.3 is 14.7 Å². The summed E-state index contributed by atoms with van der Waals surface area (Å²) < 4.78 is 5.69. The maximum atomic E-state index is 11.9. The van der Waals surface area contributed by atoms with Crippen LogP contribution in [0.3, 0.4) is 0 Å². The fourth-order valence-electron chi connectivity index (χ4n) is 3.45. The predicted molar refractivity (Wildman–Crippen MR) is 84.5 cm³/mol. The Balaban J connectivity index is 1.87. The first-order valence-corrected chi connectivity index (χ1v) is 8.05. The smallest absolute Gasteiger partial charge is 0.325 e. The van der Waals surface area contributed by atoms with E-state index >= 15 is 0 Å². The van der Waals surface area contributed by atoms with E-state index in [-0.39, 0.29) is 5.91 Å². The zero-order valence-corrected chi connectivity index (χ0v) is 13.3. The Hall–Kier alpha value is -2.08. The molecule has 2 aliphatic rings. The average Bonchev–Trinajstić information content (AvgIpc) is 2.86. The number of fused-ring (bicyclic) bond motifs is 1. The van der Waals surface area contributed by atoms with Crippen LogP contribution in [0, 0.1) is 0 Å². The molecular weight excluding hydrogens is 296 g/mol. The molecule has 0 aliphatic carbocycles. The SMILES string of the molecule is CC(=O)N1CCCN(C(C(=O)O)c2cccc3c2OCC3)CC1. The van der Waals surface area contributed by atoms with Gasteiger partial charge in [0.15, 0.2) is 0 Å². The maximum Gasteiger partial charge on any atom is 0.325 e. The largest absolute Gasteiger partial charge is 0.493 e. The van der Waals surface area contributed by atoms with Crippen LogP contribution in [0.4, 0.5) is 0 Å². The fraction of sp³-hybridized carbons (Fsp3) is 0.529. The number of carboxylic acids is 1. The lowest BCUT2D eigenvalue weighted by molar-refractivity contribution is -0.143. The van der Waals surface area contributed by atoms with Gasteiger partial charge in [-0.05, 0) is 12.0 Å². The van der Waals surface area contributed by atoms with Gasteiger partial charge in [-0.15, -0.1) is 0 Å². The number of nitrogens with zero attached hydrogens (tertiary/aromatic N) is 2. The van der Waals surface area contributed by atoms with Crippen LogP contribution in [-0.2, 0) is 16.0 Å². The molecule has 1 unspecified atom stereocenters. The minimum Gasteiger partial charge on any atom is -0.493 e. The third-order valence-electron chi connectivity index (χ3n) is 4.61. The van der Waals surface area contributed by atoms with Crippen LogP contribution in [0.2, 0.25) is 0 Å². The molecule has 0 spiro atoms. The van der Waals surface area contributed by atoms with Gasteiger partial charge in [-0.25, -0.2) is 0 Å². The quantitative estimate of drug-likeness (QED) is 0.910. The Labute approximate surface area is 135 Å². The van der Waals surface area contributed by atoms with Gasteiger partial charge in [-0.1, -0.05) is 18.2 Å². The van der Waals surface area contributed by atoms with Crippen LogP contribution >= 0.6 is 0 Å². The summed E-state index contributed by atoms with van der Waals surface area (Å²) in [4.78, 5) is 27.2. The summed E-state index contributed by atoms with van der Waals surface area (Å²) in [6.45, 7) is 4.63. The highest BCUT2D eigenvalue weighted by atomic mass is 16.5. The molecule has 3 rings (SSSR count). The molecule has 1 fully saturated rings. The Morgan fingerprint density at radius 3 is 2.78 bits per heavy atom. The summed E-state index contributed by atoms with van der Waals surface area (Å²) >= 11 is 0. The van der Waals surface area contributed by atoms with E-state index in [2.05, 4.69) is 0 Å². The maximum absolute atomic E-state index is 11.9. The summed E-state index contributed by atoms with van der Waals surface area (Å²) in [5.41, 5.74) is 1.80. The number of carboxylic acid groups (broad SMARTS) is 1. The number of rotatable bonds is 3. The molecule has 1 aromatic rings. The van der Waals surface area contributed by atoms with E-state index in [1.54, 1.807) is 11.8 Å². The molecule has 1 N–H and O–H groups in total. The van der Waals surface area contributed by atoms with Crippen LogP contribution in [-0.4, -0.2) is 59.6 Å². The number of benzene rings is 1. The van der Waals surface area contributed by atoms with E-state index in [1.807, 2.05) is 23.1 Å². The van der Waals surface area contributed by atoms with Crippen molar-refractivity contribution >= 4 is 11.9 Å². The normalized spacial score (nSPS) is 19.6. The van der Waals surface area contributed by atoms with Crippen LogP contribution in [0.25, 0.3) is 0 Å². The molecule has 0 aromatic heterocycles. The van der Waals surface area contributed by atoms with Gasteiger partial charge in [0.2, 0.25) is 5.91 Å². The van der Waals surface area contributed by atoms with Crippen molar-refractivity contribution in [3.05, 3.63) is 29.3 Å². The summed E-state index contributed by atoms with van der Waals surface area (Å²) in [6, 6.07) is 5.01. The summed E-state index contributed by atoms with van der Waals surface area (Å²) in [5.74, 6) is -0.0968. The van der Waals surface area contributed by atoms with E-state index in [4.69, 9.17) is 4.74 Å². The lowest BCUT2D eigenvalue weighted by atomic mass is 10.0. The van der Waals surface area contributed by atoms with Crippen LogP contribution in [0.1, 0.15) is 30.5 Å². The highest BCUT2D eigenvalue weighted by Crippen LogP contribution is 2.36. The Kier molecular flexibility index (Phi) is 4.52. The molecular formula is C17H22N2O4. The van der Waals surface area contributed by atoms with Crippen molar-refractivity contribution in [3.8, 4) is 5.75 Å². The molecule has 1 aromatic carbocycles. The lowest BCUT2D eigenvalue weighted by Gasteiger charge is -2.28. The van der Waals surface area contributed by atoms with E-state index < -0.39 is 12.0 Å². The van der Waals surface area contributed by atoms with Gasteiger partial charge in [-0.2, -0.15) is 0 Å². The monoisotopic (exact) mass is 318 g/mol. The minimum atomic E-state index is -0.870. The molecule has 1 saturated heterocycles. The zero-order valence-electron chi connectivity index (χ0n) is 13.3. The van der Waals surface area contributed by atoms with Crippen LogP contribution < -0.4 is 4.74 Å². The van der Waals surface area contributed by atoms with Crippen molar-refractivity contribution in [2.24, 2.45) is 0 Å². The van der Waals surface area contributed by atoms with Gasteiger partial charge in [-0.3, -0.25) is 14.5 Å². The first kappa shape index (κ1) is 15.8. The Bertz CT molecular complexity index is 617. The Morgan fingerprint density at radius 1 is 1.22 bits per heavy atom. The highest BCUT2D eigenvalue weighted by molar-refractivity contribution is 5.77. The van der Waals surface area contributed by atoms with Crippen LogP contribution in [0.5, 0.6) is 5.75 Å². The van der Waals surface area contributed by atoms with Crippen molar-refractivity contribution in [1.29, 1.82) is 0 Å². The topological polar surface area (TPSA) is 70.1 Å². The van der Waals surface area contributed by atoms with Gasteiger partial charge >= 0.3 is 5.97 Å². The summed E-state index contributed by atoms with van der Waals surface area (Å²) in [6.07, 6.45) is 1.60. The van der Waals surface area contributed by atoms with E-state index in [1.165, 1.54) is 0 Å². The van der Waals surface area contributed by atoms with Crippen molar-refractivity contribution in [2.45, 2.75) is 25.8 Å². The number of carbonyl (C=O) groups is 2. The number of amides is 1. The molecule has 0 radical (unpaired) electrons. The highest BCUT2D eigenvalue weighted by Gasteiger charge is 2.33. The summed E-state index contributed by atoms with van der Waals surface area (Å²) in [7, 11) is 0. The van der Waals surface area contributed by atoms with Gasteiger partial charge in [0.25, 0.3) is 0 Å². The molecule has 0 saturated carbocycles. The molecule has 2 heterocycles. The molecule has 2 aliphatic heterocycles. The standard InChI is InChI=1S/C17H22N2O4/c1-12(20)18-7-3-8-19(10-9-18)15(17(21)22)14-5-2-4-13-6-11-23-16(13)14/h2,4-5,15H,3,6-11H2,1H3,(H,21,22). The average molecular weight is 318 g/mol. The Morgan fingerprint density at radius 2 is 2.04 bits per heavy atom.